The molecule has 8 heteroatoms. The molecule has 1 atom stereocenters. The van der Waals surface area contributed by atoms with Gasteiger partial charge >= 0.3 is 6.18 Å². The molecule has 0 saturated heterocycles. The normalized spacial score (nSPS) is 13.3. The van der Waals surface area contributed by atoms with E-state index in [9.17, 15) is 18.0 Å². The lowest BCUT2D eigenvalue weighted by molar-refractivity contribution is -0.141. The van der Waals surface area contributed by atoms with Crippen molar-refractivity contribution in [1.82, 2.24) is 9.78 Å². The van der Waals surface area contributed by atoms with E-state index in [4.69, 9.17) is 0 Å². The quantitative estimate of drug-likeness (QED) is 0.738. The van der Waals surface area contributed by atoms with Crippen LogP contribution in [0.25, 0.3) is 0 Å². The highest BCUT2D eigenvalue weighted by molar-refractivity contribution is 7.10. The van der Waals surface area contributed by atoms with E-state index in [0.29, 0.717) is 11.6 Å². The zero-order chi connectivity index (χ0) is 18.8. The Morgan fingerprint density at radius 1 is 1.36 bits per heavy atom. The monoisotopic (exact) mass is 373 g/mol. The summed E-state index contributed by atoms with van der Waals surface area (Å²) in [4.78, 5) is 13.4. The number of hydrogen-bond acceptors (Lipinski definition) is 3. The summed E-state index contributed by atoms with van der Waals surface area (Å²) < 4.78 is 40.5. The highest BCUT2D eigenvalue weighted by Gasteiger charge is 2.39. The Labute approximate surface area is 149 Å². The molecular formula is C17H22F3N3OS. The van der Waals surface area contributed by atoms with E-state index in [1.54, 1.807) is 13.0 Å². The molecule has 138 valence electrons. The molecule has 0 aromatic carbocycles. The van der Waals surface area contributed by atoms with Crippen molar-refractivity contribution in [2.45, 2.75) is 52.8 Å². The second-order valence-electron chi connectivity index (χ2n) is 6.43. The maximum Gasteiger partial charge on any atom is 0.435 e. The molecule has 0 radical (unpaired) electrons. The van der Waals surface area contributed by atoms with E-state index >= 15 is 0 Å². The molecule has 0 aliphatic rings. The van der Waals surface area contributed by atoms with Gasteiger partial charge in [0.25, 0.3) is 5.91 Å². The molecule has 1 amide bonds. The standard InChI is InChI=1S/C17H22F3N3OS/c1-5-23-9-12(15(22-23)17(18,19)20)16(24)21-13-6-7-25-14(13)11(4)8-10(2)3/h6-7,9-11H,5,8H2,1-4H3,(H,21,24). The van der Waals surface area contributed by atoms with E-state index in [-0.39, 0.29) is 12.5 Å². The van der Waals surface area contributed by atoms with E-state index in [1.807, 2.05) is 5.38 Å². The number of carbonyl (C=O) groups is 1. The number of anilines is 1. The number of aromatic nitrogens is 2. The van der Waals surface area contributed by atoms with Gasteiger partial charge in [-0.1, -0.05) is 20.8 Å². The van der Waals surface area contributed by atoms with Gasteiger partial charge in [0.1, 0.15) is 0 Å². The lowest BCUT2D eigenvalue weighted by Gasteiger charge is -2.15. The Balaban J connectivity index is 2.27. The maximum absolute atomic E-state index is 13.1. The minimum absolute atomic E-state index is 0.218. The van der Waals surface area contributed by atoms with E-state index in [1.165, 1.54) is 11.3 Å². The SMILES string of the molecule is CCn1cc(C(=O)Nc2ccsc2C(C)CC(C)C)c(C(F)(F)F)n1. The molecule has 0 spiro atoms. The van der Waals surface area contributed by atoms with Gasteiger partial charge in [-0.2, -0.15) is 18.3 Å². The molecule has 1 N–H and O–H groups in total. The van der Waals surface area contributed by atoms with Gasteiger partial charge in [0.2, 0.25) is 0 Å². The topological polar surface area (TPSA) is 46.9 Å². The van der Waals surface area contributed by atoms with E-state index in [0.717, 1.165) is 22.2 Å². The van der Waals surface area contributed by atoms with Crippen LogP contribution in [0.2, 0.25) is 0 Å². The molecule has 0 bridgehead atoms. The van der Waals surface area contributed by atoms with Gasteiger partial charge in [0, 0.05) is 17.6 Å². The fourth-order valence-electron chi connectivity index (χ4n) is 2.77. The predicted molar refractivity (Wildman–Crippen MR) is 93.0 cm³/mol. The maximum atomic E-state index is 13.1. The Hall–Kier alpha value is -1.83. The number of alkyl halides is 3. The number of amides is 1. The molecule has 1 unspecified atom stereocenters. The summed E-state index contributed by atoms with van der Waals surface area (Å²) in [6.07, 6.45) is -2.60. The number of nitrogens with zero attached hydrogens (tertiary/aromatic N) is 2. The average Bonchev–Trinajstić information content (AvgIpc) is 3.11. The molecule has 25 heavy (non-hydrogen) atoms. The van der Waals surface area contributed by atoms with Gasteiger partial charge in [0.05, 0.1) is 11.3 Å². The van der Waals surface area contributed by atoms with Crippen LogP contribution in [0.1, 0.15) is 61.0 Å². The largest absolute Gasteiger partial charge is 0.435 e. The summed E-state index contributed by atoms with van der Waals surface area (Å²) in [5, 5.41) is 7.94. The third kappa shape index (κ3) is 4.62. The number of hydrogen-bond donors (Lipinski definition) is 1. The summed E-state index contributed by atoms with van der Waals surface area (Å²) in [6, 6.07) is 1.73. The Morgan fingerprint density at radius 2 is 2.04 bits per heavy atom. The van der Waals surface area contributed by atoms with E-state index < -0.39 is 23.3 Å². The van der Waals surface area contributed by atoms with Crippen molar-refractivity contribution < 1.29 is 18.0 Å². The number of carbonyl (C=O) groups excluding carboxylic acids is 1. The molecule has 2 heterocycles. The molecule has 0 aliphatic heterocycles. The van der Waals surface area contributed by atoms with Crippen LogP contribution in [0.4, 0.5) is 18.9 Å². The van der Waals surface area contributed by atoms with Crippen molar-refractivity contribution in [3.63, 3.8) is 0 Å². The number of halogens is 3. The van der Waals surface area contributed by atoms with Crippen molar-refractivity contribution in [2.24, 2.45) is 5.92 Å². The number of rotatable bonds is 6. The summed E-state index contributed by atoms with van der Waals surface area (Å²) >= 11 is 1.50. The number of nitrogens with one attached hydrogen (secondary N) is 1. The smallest absolute Gasteiger partial charge is 0.321 e. The van der Waals surface area contributed by atoms with Gasteiger partial charge in [-0.25, -0.2) is 0 Å². The van der Waals surface area contributed by atoms with Gasteiger partial charge in [-0.05, 0) is 36.6 Å². The van der Waals surface area contributed by atoms with Gasteiger partial charge in [0.15, 0.2) is 5.69 Å². The minimum Gasteiger partial charge on any atom is -0.321 e. The van der Waals surface area contributed by atoms with Crippen molar-refractivity contribution in [3.05, 3.63) is 33.8 Å². The highest BCUT2D eigenvalue weighted by atomic mass is 32.1. The lowest BCUT2D eigenvalue weighted by atomic mass is 9.97. The van der Waals surface area contributed by atoms with Crippen LogP contribution in [0.5, 0.6) is 0 Å². The summed E-state index contributed by atoms with van der Waals surface area (Å²) in [7, 11) is 0. The van der Waals surface area contributed by atoms with Gasteiger partial charge in [-0.15, -0.1) is 11.3 Å². The molecular weight excluding hydrogens is 351 g/mol. The van der Waals surface area contributed by atoms with Crippen LogP contribution in [-0.2, 0) is 12.7 Å². The van der Waals surface area contributed by atoms with Crippen molar-refractivity contribution >= 4 is 22.9 Å². The van der Waals surface area contributed by atoms with Crippen LogP contribution in [-0.4, -0.2) is 15.7 Å². The van der Waals surface area contributed by atoms with Crippen LogP contribution < -0.4 is 5.32 Å². The van der Waals surface area contributed by atoms with Crippen molar-refractivity contribution in [1.29, 1.82) is 0 Å². The fourth-order valence-corrected chi connectivity index (χ4v) is 3.69. The van der Waals surface area contributed by atoms with Crippen molar-refractivity contribution in [2.75, 3.05) is 5.32 Å². The molecule has 2 aromatic rings. The van der Waals surface area contributed by atoms with Crippen LogP contribution >= 0.6 is 11.3 Å². The summed E-state index contributed by atoms with van der Waals surface area (Å²) in [5.41, 5.74) is -1.04. The zero-order valence-corrected chi connectivity index (χ0v) is 15.5. The molecule has 4 nitrogen and oxygen atoms in total. The third-order valence-corrected chi connectivity index (χ3v) is 4.96. The zero-order valence-electron chi connectivity index (χ0n) is 14.6. The lowest BCUT2D eigenvalue weighted by Crippen LogP contribution is -2.18. The third-order valence-electron chi connectivity index (χ3n) is 3.81. The van der Waals surface area contributed by atoms with Crippen molar-refractivity contribution in [3.8, 4) is 0 Å². The first kappa shape index (κ1) is 19.5. The van der Waals surface area contributed by atoms with E-state index in [2.05, 4.69) is 31.2 Å². The second kappa shape index (κ2) is 7.59. The minimum atomic E-state index is -4.67. The van der Waals surface area contributed by atoms with Crippen LogP contribution in [0.15, 0.2) is 17.6 Å². The van der Waals surface area contributed by atoms with Crippen LogP contribution in [0.3, 0.4) is 0 Å². The predicted octanol–water partition coefficient (Wildman–Crippen LogP) is 5.39. The Kier molecular flexibility index (Phi) is 5.92. The molecule has 0 fully saturated rings. The average molecular weight is 373 g/mol. The van der Waals surface area contributed by atoms with Crippen LogP contribution in [0, 0.1) is 5.92 Å². The summed E-state index contributed by atoms with van der Waals surface area (Å²) in [5.74, 6) is -0.0838. The van der Waals surface area contributed by atoms with Gasteiger partial charge < -0.3 is 5.32 Å². The highest BCUT2D eigenvalue weighted by Crippen LogP contribution is 2.35. The van der Waals surface area contributed by atoms with Gasteiger partial charge in [-0.3, -0.25) is 9.48 Å². The fraction of sp³-hybridized carbons (Fsp3) is 0.529. The molecule has 2 aromatic heterocycles. The first-order valence-corrected chi connectivity index (χ1v) is 9.04. The molecule has 2 rings (SSSR count). The number of thiophene rings is 1. The summed E-state index contributed by atoms with van der Waals surface area (Å²) in [6.45, 7) is 8.19. The first-order valence-electron chi connectivity index (χ1n) is 8.16. The number of aryl methyl sites for hydroxylation is 1. The Morgan fingerprint density at radius 3 is 2.60 bits per heavy atom. The first-order chi connectivity index (χ1) is 11.6. The second-order valence-corrected chi connectivity index (χ2v) is 7.38. The molecule has 0 saturated carbocycles. The Bertz CT molecular complexity index is 734. The molecule has 0 aliphatic carbocycles.